The number of hydrogen-bond donors (Lipinski definition) is 2. The Morgan fingerprint density at radius 1 is 1.44 bits per heavy atom. The summed E-state index contributed by atoms with van der Waals surface area (Å²) in [5.41, 5.74) is 6.03. The minimum absolute atomic E-state index is 0. The van der Waals surface area contributed by atoms with E-state index >= 15 is 0 Å². The molecule has 18 heavy (non-hydrogen) atoms. The molecule has 1 heterocycles. The molecule has 2 atom stereocenters. The first-order valence-electron chi connectivity index (χ1n) is 5.04. The second-order valence-corrected chi connectivity index (χ2v) is 3.61. The normalized spacial score (nSPS) is 15.5. The van der Waals surface area contributed by atoms with E-state index in [0.717, 1.165) is 0 Å². The fourth-order valence-corrected chi connectivity index (χ4v) is 1.57. The van der Waals surface area contributed by atoms with Gasteiger partial charge in [0.25, 0.3) is 0 Å². The Bertz CT molecular complexity index is 439. The molecule has 0 radical (unpaired) electrons. The minimum Gasteiger partial charge on any atom is -0.468 e. The number of benzene rings is 1. The van der Waals surface area contributed by atoms with Crippen LogP contribution in [0.25, 0.3) is 0 Å². The number of hydrogen-bond acceptors (Lipinski definition) is 6. The van der Waals surface area contributed by atoms with Crippen molar-refractivity contribution in [3.05, 3.63) is 23.8 Å². The van der Waals surface area contributed by atoms with Crippen LogP contribution in [-0.2, 0) is 9.53 Å². The lowest BCUT2D eigenvalue weighted by atomic mass is 10.0. The molecule has 0 saturated carbocycles. The molecule has 0 spiro atoms. The van der Waals surface area contributed by atoms with Crippen molar-refractivity contribution in [1.29, 1.82) is 0 Å². The molecule has 1 aromatic rings. The van der Waals surface area contributed by atoms with Crippen molar-refractivity contribution >= 4 is 18.4 Å². The number of aliphatic hydroxyl groups is 1. The summed E-state index contributed by atoms with van der Waals surface area (Å²) in [4.78, 5) is 11.2. The molecule has 0 saturated heterocycles. The highest BCUT2D eigenvalue weighted by atomic mass is 35.5. The SMILES string of the molecule is COC(=O)[C@@H](N)C(O)c1ccc2c(c1)OCO2.Cl. The summed E-state index contributed by atoms with van der Waals surface area (Å²) in [7, 11) is 1.22. The topological polar surface area (TPSA) is 91.0 Å². The van der Waals surface area contributed by atoms with Gasteiger partial charge in [-0.1, -0.05) is 6.07 Å². The Kier molecular flexibility index (Phi) is 4.77. The highest BCUT2D eigenvalue weighted by molar-refractivity contribution is 5.85. The molecule has 1 aliphatic rings. The third kappa shape index (κ3) is 2.66. The average molecular weight is 276 g/mol. The van der Waals surface area contributed by atoms with Crippen LogP contribution >= 0.6 is 12.4 Å². The smallest absolute Gasteiger partial charge is 0.325 e. The molecule has 1 aromatic carbocycles. The van der Waals surface area contributed by atoms with E-state index in [1.165, 1.54) is 7.11 Å². The first kappa shape index (κ1) is 14.6. The van der Waals surface area contributed by atoms with E-state index in [0.29, 0.717) is 17.1 Å². The van der Waals surface area contributed by atoms with Crippen LogP contribution in [0, 0.1) is 0 Å². The lowest BCUT2D eigenvalue weighted by molar-refractivity contribution is -0.145. The number of ether oxygens (including phenoxy) is 3. The van der Waals surface area contributed by atoms with Gasteiger partial charge in [0.1, 0.15) is 12.1 Å². The largest absolute Gasteiger partial charge is 0.468 e. The second kappa shape index (κ2) is 5.90. The zero-order chi connectivity index (χ0) is 12.4. The quantitative estimate of drug-likeness (QED) is 0.775. The molecule has 6 nitrogen and oxygen atoms in total. The number of fused-ring (bicyclic) bond motifs is 1. The van der Waals surface area contributed by atoms with Gasteiger partial charge in [-0.25, -0.2) is 0 Å². The summed E-state index contributed by atoms with van der Waals surface area (Å²) in [6.07, 6.45) is -1.14. The number of esters is 1. The van der Waals surface area contributed by atoms with Crippen molar-refractivity contribution in [3.63, 3.8) is 0 Å². The van der Waals surface area contributed by atoms with Crippen molar-refractivity contribution in [3.8, 4) is 11.5 Å². The molecule has 100 valence electrons. The van der Waals surface area contributed by atoms with Crippen LogP contribution in [0.4, 0.5) is 0 Å². The second-order valence-electron chi connectivity index (χ2n) is 3.61. The molecular weight excluding hydrogens is 262 g/mol. The van der Waals surface area contributed by atoms with E-state index in [-0.39, 0.29) is 19.2 Å². The Labute approximate surface area is 110 Å². The van der Waals surface area contributed by atoms with Crippen LogP contribution in [-0.4, -0.2) is 31.0 Å². The van der Waals surface area contributed by atoms with Crippen LogP contribution in [0.1, 0.15) is 11.7 Å². The van der Waals surface area contributed by atoms with E-state index in [2.05, 4.69) is 4.74 Å². The van der Waals surface area contributed by atoms with Gasteiger partial charge < -0.3 is 25.1 Å². The van der Waals surface area contributed by atoms with Crippen molar-refractivity contribution in [2.75, 3.05) is 13.9 Å². The van der Waals surface area contributed by atoms with Crippen LogP contribution in [0.2, 0.25) is 0 Å². The number of nitrogens with two attached hydrogens (primary N) is 1. The summed E-state index contributed by atoms with van der Waals surface area (Å²) in [5, 5.41) is 9.90. The van der Waals surface area contributed by atoms with Gasteiger partial charge in [0.15, 0.2) is 11.5 Å². The van der Waals surface area contributed by atoms with Crippen LogP contribution in [0.5, 0.6) is 11.5 Å². The van der Waals surface area contributed by atoms with Gasteiger partial charge in [0.05, 0.1) is 7.11 Å². The standard InChI is InChI=1S/C11H13NO5.ClH/c1-15-11(14)9(12)10(13)6-2-3-7-8(4-6)17-5-16-7;/h2-4,9-10,13H,5,12H2,1H3;1H/t9-,10?;/m0./s1. The maximum atomic E-state index is 11.2. The number of methoxy groups -OCH3 is 1. The fourth-order valence-electron chi connectivity index (χ4n) is 1.57. The third-order valence-electron chi connectivity index (χ3n) is 2.55. The summed E-state index contributed by atoms with van der Waals surface area (Å²) in [5.74, 6) is 0.460. The molecule has 0 aliphatic carbocycles. The zero-order valence-corrected chi connectivity index (χ0v) is 10.5. The molecule has 0 fully saturated rings. The van der Waals surface area contributed by atoms with Crippen LogP contribution < -0.4 is 15.2 Å². The molecular formula is C11H14ClNO5. The van der Waals surface area contributed by atoms with E-state index < -0.39 is 18.1 Å². The van der Waals surface area contributed by atoms with Crippen LogP contribution in [0.15, 0.2) is 18.2 Å². The van der Waals surface area contributed by atoms with Crippen molar-refractivity contribution < 1.29 is 24.1 Å². The van der Waals surface area contributed by atoms with Crippen LogP contribution in [0.3, 0.4) is 0 Å². The van der Waals surface area contributed by atoms with Crippen molar-refractivity contribution in [2.24, 2.45) is 5.73 Å². The summed E-state index contributed by atoms with van der Waals surface area (Å²) >= 11 is 0. The number of halogens is 1. The molecule has 2 rings (SSSR count). The minimum atomic E-state index is -1.14. The van der Waals surface area contributed by atoms with Gasteiger partial charge in [-0.15, -0.1) is 12.4 Å². The summed E-state index contributed by atoms with van der Waals surface area (Å²) in [6.45, 7) is 0.151. The molecule has 0 aromatic heterocycles. The molecule has 0 bridgehead atoms. The van der Waals surface area contributed by atoms with Gasteiger partial charge in [0, 0.05) is 0 Å². The maximum absolute atomic E-state index is 11.2. The number of carbonyl (C=O) groups excluding carboxylic acids is 1. The maximum Gasteiger partial charge on any atom is 0.325 e. The fraction of sp³-hybridized carbons (Fsp3) is 0.364. The Morgan fingerprint density at radius 3 is 2.78 bits per heavy atom. The molecule has 3 N–H and O–H groups in total. The highest BCUT2D eigenvalue weighted by Gasteiger charge is 2.26. The predicted molar refractivity (Wildman–Crippen MR) is 64.8 cm³/mol. The van der Waals surface area contributed by atoms with E-state index in [1.54, 1.807) is 18.2 Å². The van der Waals surface area contributed by atoms with Crippen molar-refractivity contribution in [1.82, 2.24) is 0 Å². The Hall–Kier alpha value is -1.50. The van der Waals surface area contributed by atoms with E-state index in [9.17, 15) is 9.90 Å². The summed E-state index contributed by atoms with van der Waals surface area (Å²) < 4.78 is 14.8. The summed E-state index contributed by atoms with van der Waals surface area (Å²) in [6, 6.07) is 3.75. The number of aliphatic hydroxyl groups excluding tert-OH is 1. The first-order valence-corrected chi connectivity index (χ1v) is 5.04. The van der Waals surface area contributed by atoms with Gasteiger partial charge >= 0.3 is 5.97 Å². The van der Waals surface area contributed by atoms with Gasteiger partial charge in [-0.05, 0) is 17.7 Å². The average Bonchev–Trinajstić information content (AvgIpc) is 2.83. The zero-order valence-electron chi connectivity index (χ0n) is 9.66. The number of carbonyl (C=O) groups is 1. The molecule has 1 aliphatic heterocycles. The van der Waals surface area contributed by atoms with E-state index in [4.69, 9.17) is 15.2 Å². The third-order valence-corrected chi connectivity index (χ3v) is 2.55. The Morgan fingerprint density at radius 2 is 2.11 bits per heavy atom. The van der Waals surface area contributed by atoms with Gasteiger partial charge in [0.2, 0.25) is 6.79 Å². The lowest BCUT2D eigenvalue weighted by Gasteiger charge is -2.17. The molecule has 0 amide bonds. The predicted octanol–water partition coefficient (Wildman–Crippen LogP) is 0.371. The molecule has 1 unspecified atom stereocenters. The number of rotatable bonds is 3. The lowest BCUT2D eigenvalue weighted by Crippen LogP contribution is -2.37. The van der Waals surface area contributed by atoms with Crippen molar-refractivity contribution in [2.45, 2.75) is 12.1 Å². The monoisotopic (exact) mass is 275 g/mol. The molecule has 7 heteroatoms. The Balaban J connectivity index is 0.00000162. The van der Waals surface area contributed by atoms with Gasteiger partial charge in [-0.2, -0.15) is 0 Å². The highest BCUT2D eigenvalue weighted by Crippen LogP contribution is 2.34. The van der Waals surface area contributed by atoms with E-state index in [1.807, 2.05) is 0 Å². The first-order chi connectivity index (χ1) is 8.13. The van der Waals surface area contributed by atoms with Gasteiger partial charge in [-0.3, -0.25) is 4.79 Å².